The average molecular weight is 204 g/mol. The third kappa shape index (κ3) is 2.51. The maximum Gasteiger partial charge on any atom is 0.0367 e. The minimum Gasteiger partial charge on any atom is -0.369 e. The Balaban J connectivity index is 1.94. The van der Waals surface area contributed by atoms with Crippen LogP contribution < -0.4 is 4.90 Å². The summed E-state index contributed by atoms with van der Waals surface area (Å²) in [6, 6.07) is 11.4. The SMILES string of the molecule is CC(C)N1CCN(c2ccccc2)CC1. The molecule has 82 valence electrons. The zero-order chi connectivity index (χ0) is 10.7. The predicted molar refractivity (Wildman–Crippen MR) is 65.4 cm³/mol. The molecular formula is C13H20N2. The van der Waals surface area contributed by atoms with Crippen LogP contribution in [0.4, 0.5) is 5.69 Å². The molecule has 1 aliphatic rings. The number of rotatable bonds is 2. The van der Waals surface area contributed by atoms with Gasteiger partial charge in [0.1, 0.15) is 0 Å². The van der Waals surface area contributed by atoms with Crippen molar-refractivity contribution in [3.63, 3.8) is 0 Å². The summed E-state index contributed by atoms with van der Waals surface area (Å²) in [6.45, 7) is 9.24. The van der Waals surface area contributed by atoms with Crippen molar-refractivity contribution in [3.05, 3.63) is 30.3 Å². The van der Waals surface area contributed by atoms with Crippen LogP contribution in [0.5, 0.6) is 0 Å². The van der Waals surface area contributed by atoms with Crippen LogP contribution in [0, 0.1) is 0 Å². The third-order valence-corrected chi connectivity index (χ3v) is 3.17. The molecule has 0 spiro atoms. The Morgan fingerprint density at radius 3 is 2.07 bits per heavy atom. The lowest BCUT2D eigenvalue weighted by Gasteiger charge is -2.38. The van der Waals surface area contributed by atoms with Gasteiger partial charge in [-0.3, -0.25) is 4.90 Å². The molecule has 1 aromatic rings. The molecule has 0 radical (unpaired) electrons. The highest BCUT2D eigenvalue weighted by molar-refractivity contribution is 5.46. The first kappa shape index (κ1) is 10.5. The average Bonchev–Trinajstić information content (AvgIpc) is 2.30. The summed E-state index contributed by atoms with van der Waals surface area (Å²) in [5, 5.41) is 0. The van der Waals surface area contributed by atoms with E-state index in [4.69, 9.17) is 0 Å². The number of hydrogen-bond acceptors (Lipinski definition) is 2. The third-order valence-electron chi connectivity index (χ3n) is 3.17. The van der Waals surface area contributed by atoms with Crippen LogP contribution in [0.2, 0.25) is 0 Å². The summed E-state index contributed by atoms with van der Waals surface area (Å²) in [5.74, 6) is 0. The van der Waals surface area contributed by atoms with Gasteiger partial charge in [0, 0.05) is 37.9 Å². The standard InChI is InChI=1S/C13H20N2/c1-12(2)14-8-10-15(11-9-14)13-6-4-3-5-7-13/h3-7,12H,8-11H2,1-2H3. The monoisotopic (exact) mass is 204 g/mol. The zero-order valence-electron chi connectivity index (χ0n) is 9.69. The molecule has 1 fully saturated rings. The number of piperazine rings is 1. The minimum atomic E-state index is 0.683. The summed E-state index contributed by atoms with van der Waals surface area (Å²) >= 11 is 0. The van der Waals surface area contributed by atoms with Crippen molar-refractivity contribution < 1.29 is 0 Å². The second kappa shape index (κ2) is 4.67. The van der Waals surface area contributed by atoms with Crippen molar-refractivity contribution in [2.75, 3.05) is 31.1 Å². The molecule has 0 saturated carbocycles. The Morgan fingerprint density at radius 2 is 1.53 bits per heavy atom. The molecule has 0 bridgehead atoms. The zero-order valence-corrected chi connectivity index (χ0v) is 9.69. The number of para-hydroxylation sites is 1. The predicted octanol–water partition coefficient (Wildman–Crippen LogP) is 2.22. The van der Waals surface area contributed by atoms with Crippen molar-refractivity contribution in [3.8, 4) is 0 Å². The number of hydrogen-bond donors (Lipinski definition) is 0. The minimum absolute atomic E-state index is 0.683. The van der Waals surface area contributed by atoms with Gasteiger partial charge >= 0.3 is 0 Å². The molecular weight excluding hydrogens is 184 g/mol. The second-order valence-electron chi connectivity index (χ2n) is 4.45. The van der Waals surface area contributed by atoms with Crippen LogP contribution in [0.1, 0.15) is 13.8 Å². The maximum absolute atomic E-state index is 2.54. The molecule has 0 amide bonds. The van der Waals surface area contributed by atoms with Crippen molar-refractivity contribution >= 4 is 5.69 Å². The Bertz CT molecular complexity index is 287. The molecule has 1 aliphatic heterocycles. The Kier molecular flexibility index (Phi) is 3.27. The Morgan fingerprint density at radius 1 is 0.933 bits per heavy atom. The molecule has 1 aromatic carbocycles. The van der Waals surface area contributed by atoms with E-state index in [-0.39, 0.29) is 0 Å². The van der Waals surface area contributed by atoms with E-state index >= 15 is 0 Å². The molecule has 0 aromatic heterocycles. The Labute approximate surface area is 92.5 Å². The van der Waals surface area contributed by atoms with Gasteiger partial charge in [-0.2, -0.15) is 0 Å². The number of nitrogens with zero attached hydrogens (tertiary/aromatic N) is 2. The normalized spacial score (nSPS) is 18.5. The van der Waals surface area contributed by atoms with E-state index in [1.54, 1.807) is 0 Å². The molecule has 2 rings (SSSR count). The van der Waals surface area contributed by atoms with E-state index in [1.807, 2.05) is 0 Å². The lowest BCUT2D eigenvalue weighted by Crippen LogP contribution is -2.48. The van der Waals surface area contributed by atoms with Crippen LogP contribution in [-0.4, -0.2) is 37.1 Å². The first-order chi connectivity index (χ1) is 7.27. The van der Waals surface area contributed by atoms with Gasteiger partial charge in [0.05, 0.1) is 0 Å². The summed E-state index contributed by atoms with van der Waals surface area (Å²) < 4.78 is 0. The van der Waals surface area contributed by atoms with Crippen LogP contribution >= 0.6 is 0 Å². The smallest absolute Gasteiger partial charge is 0.0367 e. The molecule has 2 heteroatoms. The van der Waals surface area contributed by atoms with Gasteiger partial charge in [-0.15, -0.1) is 0 Å². The molecule has 1 saturated heterocycles. The lowest BCUT2D eigenvalue weighted by molar-refractivity contribution is 0.209. The van der Waals surface area contributed by atoms with Crippen LogP contribution in [0.15, 0.2) is 30.3 Å². The summed E-state index contributed by atoms with van der Waals surface area (Å²) in [6.07, 6.45) is 0. The highest BCUT2D eigenvalue weighted by Gasteiger charge is 2.18. The molecule has 15 heavy (non-hydrogen) atoms. The van der Waals surface area contributed by atoms with Crippen LogP contribution in [0.3, 0.4) is 0 Å². The fourth-order valence-electron chi connectivity index (χ4n) is 2.14. The van der Waals surface area contributed by atoms with Gasteiger partial charge < -0.3 is 4.90 Å². The fraction of sp³-hybridized carbons (Fsp3) is 0.538. The summed E-state index contributed by atoms with van der Waals surface area (Å²) in [4.78, 5) is 5.01. The van der Waals surface area contributed by atoms with E-state index in [2.05, 4.69) is 54.0 Å². The molecule has 0 atom stereocenters. The van der Waals surface area contributed by atoms with Crippen molar-refractivity contribution in [1.82, 2.24) is 4.90 Å². The highest BCUT2D eigenvalue weighted by Crippen LogP contribution is 2.16. The fourth-order valence-corrected chi connectivity index (χ4v) is 2.14. The number of benzene rings is 1. The van der Waals surface area contributed by atoms with E-state index in [9.17, 15) is 0 Å². The first-order valence-corrected chi connectivity index (χ1v) is 5.81. The first-order valence-electron chi connectivity index (χ1n) is 5.81. The van der Waals surface area contributed by atoms with Crippen molar-refractivity contribution in [2.24, 2.45) is 0 Å². The molecule has 0 unspecified atom stereocenters. The second-order valence-corrected chi connectivity index (χ2v) is 4.45. The van der Waals surface area contributed by atoms with Crippen LogP contribution in [0.25, 0.3) is 0 Å². The molecule has 0 N–H and O–H groups in total. The molecule has 1 heterocycles. The lowest BCUT2D eigenvalue weighted by atomic mass is 10.2. The van der Waals surface area contributed by atoms with E-state index < -0.39 is 0 Å². The van der Waals surface area contributed by atoms with Crippen molar-refractivity contribution in [1.29, 1.82) is 0 Å². The molecule has 2 nitrogen and oxygen atoms in total. The number of anilines is 1. The van der Waals surface area contributed by atoms with Gasteiger partial charge in [0.2, 0.25) is 0 Å². The summed E-state index contributed by atoms with van der Waals surface area (Å²) in [7, 11) is 0. The van der Waals surface area contributed by atoms with E-state index in [0.29, 0.717) is 6.04 Å². The van der Waals surface area contributed by atoms with Crippen LogP contribution in [-0.2, 0) is 0 Å². The van der Waals surface area contributed by atoms with Gasteiger partial charge in [-0.25, -0.2) is 0 Å². The van der Waals surface area contributed by atoms with Gasteiger partial charge in [-0.1, -0.05) is 18.2 Å². The van der Waals surface area contributed by atoms with E-state index in [1.165, 1.54) is 18.8 Å². The summed E-state index contributed by atoms with van der Waals surface area (Å²) in [5.41, 5.74) is 1.36. The van der Waals surface area contributed by atoms with Gasteiger partial charge in [0.15, 0.2) is 0 Å². The van der Waals surface area contributed by atoms with E-state index in [0.717, 1.165) is 13.1 Å². The molecule has 0 aliphatic carbocycles. The maximum atomic E-state index is 2.54. The van der Waals surface area contributed by atoms with Crippen molar-refractivity contribution in [2.45, 2.75) is 19.9 Å². The highest BCUT2D eigenvalue weighted by atomic mass is 15.3. The largest absolute Gasteiger partial charge is 0.369 e. The van der Waals surface area contributed by atoms with Gasteiger partial charge in [-0.05, 0) is 26.0 Å². The van der Waals surface area contributed by atoms with Gasteiger partial charge in [0.25, 0.3) is 0 Å². The quantitative estimate of drug-likeness (QED) is 0.729. The topological polar surface area (TPSA) is 6.48 Å². The Hall–Kier alpha value is -1.02.